The van der Waals surface area contributed by atoms with Gasteiger partial charge in [-0.05, 0) is 37.7 Å². The number of carbonyl (C=O) groups excluding carboxylic acids is 1. The van der Waals surface area contributed by atoms with E-state index in [-0.39, 0.29) is 11.2 Å². The third-order valence-electron chi connectivity index (χ3n) is 6.64. The molecule has 2 saturated heterocycles. The van der Waals surface area contributed by atoms with E-state index in [1.54, 1.807) is 0 Å². The summed E-state index contributed by atoms with van der Waals surface area (Å²) in [4.78, 5) is 33.0. The molecule has 1 amide bonds. The number of likely N-dealkylation sites (N-methyl/N-ethyl adjacent to an activating group) is 1. The summed E-state index contributed by atoms with van der Waals surface area (Å²) in [5, 5.41) is 3.49. The van der Waals surface area contributed by atoms with Gasteiger partial charge < -0.3 is 29.2 Å². The van der Waals surface area contributed by atoms with E-state index < -0.39 is 5.91 Å². The lowest BCUT2D eigenvalue weighted by Gasteiger charge is -2.34. The molecule has 0 atom stereocenters. The summed E-state index contributed by atoms with van der Waals surface area (Å²) >= 11 is 0. The van der Waals surface area contributed by atoms with Crippen molar-refractivity contribution in [2.24, 2.45) is 0 Å². The van der Waals surface area contributed by atoms with Crippen LogP contribution in [0.5, 0.6) is 0 Å². The van der Waals surface area contributed by atoms with Gasteiger partial charge in [0.1, 0.15) is 0 Å². The van der Waals surface area contributed by atoms with Crippen LogP contribution in [0.25, 0.3) is 11.0 Å². The number of anilines is 3. The Morgan fingerprint density at radius 1 is 0.912 bits per heavy atom. The van der Waals surface area contributed by atoms with E-state index in [0.717, 1.165) is 56.2 Å². The smallest absolute Gasteiger partial charge is 0.291 e. The van der Waals surface area contributed by atoms with Gasteiger partial charge in [0.25, 0.3) is 5.91 Å². The number of amides is 1. The summed E-state index contributed by atoms with van der Waals surface area (Å²) in [6, 6.07) is 12.9. The molecule has 5 rings (SSSR count). The second kappa shape index (κ2) is 9.48. The molecule has 0 spiro atoms. The van der Waals surface area contributed by atoms with Gasteiger partial charge in [0, 0.05) is 45.3 Å². The van der Waals surface area contributed by atoms with E-state index in [9.17, 15) is 9.59 Å². The zero-order valence-corrected chi connectivity index (χ0v) is 19.7. The number of rotatable bonds is 4. The molecule has 0 unspecified atom stereocenters. The Morgan fingerprint density at radius 3 is 2.38 bits per heavy atom. The molecule has 3 heterocycles. The second-order valence-corrected chi connectivity index (χ2v) is 8.94. The van der Waals surface area contributed by atoms with Crippen LogP contribution < -0.4 is 20.5 Å². The standard InChI is InChI=1S/C26H30N4O4/c1-18-7-8-21(29-11-9-28(2)10-12-29)25-24(18)22(31)17-23(34-25)26(32)27-19-5-3-4-6-20(19)30-13-15-33-16-14-30/h3-8,17H,9-16H2,1-2H3,(H,27,32). The van der Waals surface area contributed by atoms with Crippen molar-refractivity contribution in [2.75, 3.05) is 74.6 Å². The minimum absolute atomic E-state index is 0.00950. The lowest BCUT2D eigenvalue weighted by molar-refractivity contribution is 0.0997. The van der Waals surface area contributed by atoms with Crippen molar-refractivity contribution in [1.29, 1.82) is 0 Å². The number of nitrogens with zero attached hydrogens (tertiary/aromatic N) is 3. The monoisotopic (exact) mass is 462 g/mol. The summed E-state index contributed by atoms with van der Waals surface area (Å²) in [6.07, 6.45) is 0. The fourth-order valence-electron chi connectivity index (χ4n) is 4.66. The van der Waals surface area contributed by atoms with Crippen LogP contribution in [0, 0.1) is 6.92 Å². The summed E-state index contributed by atoms with van der Waals surface area (Å²) in [7, 11) is 2.10. The van der Waals surface area contributed by atoms with E-state index in [4.69, 9.17) is 9.15 Å². The summed E-state index contributed by atoms with van der Waals surface area (Å²) in [6.45, 7) is 8.23. The van der Waals surface area contributed by atoms with Gasteiger partial charge in [0.2, 0.25) is 0 Å². The van der Waals surface area contributed by atoms with Gasteiger partial charge in [-0.1, -0.05) is 18.2 Å². The molecule has 0 bridgehead atoms. The van der Waals surface area contributed by atoms with E-state index in [1.807, 2.05) is 43.3 Å². The Kier molecular flexibility index (Phi) is 6.26. The predicted octanol–water partition coefficient (Wildman–Crippen LogP) is 2.94. The Hall–Kier alpha value is -3.36. The molecule has 2 fully saturated rings. The third-order valence-corrected chi connectivity index (χ3v) is 6.64. The van der Waals surface area contributed by atoms with Crippen LogP contribution >= 0.6 is 0 Å². The highest BCUT2D eigenvalue weighted by atomic mass is 16.5. The molecule has 178 valence electrons. The zero-order chi connectivity index (χ0) is 23.7. The molecule has 2 aromatic carbocycles. The first-order valence-electron chi connectivity index (χ1n) is 11.8. The van der Waals surface area contributed by atoms with Crippen molar-refractivity contribution in [3.05, 3.63) is 64.0 Å². The Bertz CT molecular complexity index is 1260. The molecule has 0 aliphatic carbocycles. The Balaban J connectivity index is 1.49. The van der Waals surface area contributed by atoms with Crippen LogP contribution in [0.3, 0.4) is 0 Å². The summed E-state index contributed by atoms with van der Waals surface area (Å²) < 4.78 is 11.6. The highest BCUT2D eigenvalue weighted by Gasteiger charge is 2.22. The molecule has 1 N–H and O–H groups in total. The van der Waals surface area contributed by atoms with E-state index >= 15 is 0 Å². The minimum atomic E-state index is -0.439. The number of benzene rings is 2. The zero-order valence-electron chi connectivity index (χ0n) is 19.7. The first-order chi connectivity index (χ1) is 16.5. The quantitative estimate of drug-likeness (QED) is 0.639. The third kappa shape index (κ3) is 4.38. The summed E-state index contributed by atoms with van der Waals surface area (Å²) in [5.41, 5.74) is 3.57. The molecule has 0 radical (unpaired) electrons. The Labute approximate surface area is 198 Å². The van der Waals surface area contributed by atoms with E-state index in [0.29, 0.717) is 29.9 Å². The topological polar surface area (TPSA) is 78.3 Å². The molecule has 8 heteroatoms. The number of nitrogens with one attached hydrogen (secondary N) is 1. The number of fused-ring (bicyclic) bond motifs is 1. The number of hydrogen-bond acceptors (Lipinski definition) is 7. The highest BCUT2D eigenvalue weighted by molar-refractivity contribution is 6.05. The summed E-state index contributed by atoms with van der Waals surface area (Å²) in [5.74, 6) is -0.430. The number of para-hydroxylation sites is 2. The molecule has 34 heavy (non-hydrogen) atoms. The molecule has 3 aromatic rings. The van der Waals surface area contributed by atoms with E-state index in [2.05, 4.69) is 27.1 Å². The number of aryl methyl sites for hydroxylation is 1. The van der Waals surface area contributed by atoms with Crippen molar-refractivity contribution in [3.8, 4) is 0 Å². The van der Waals surface area contributed by atoms with Crippen LogP contribution in [0.15, 0.2) is 51.7 Å². The van der Waals surface area contributed by atoms with Gasteiger partial charge in [-0.3, -0.25) is 9.59 Å². The molecule has 0 saturated carbocycles. The fraction of sp³-hybridized carbons (Fsp3) is 0.385. The van der Waals surface area contributed by atoms with Crippen molar-refractivity contribution < 1.29 is 13.9 Å². The van der Waals surface area contributed by atoms with Crippen LogP contribution in [0.4, 0.5) is 17.1 Å². The van der Waals surface area contributed by atoms with Gasteiger partial charge in [0.15, 0.2) is 16.8 Å². The van der Waals surface area contributed by atoms with Crippen molar-refractivity contribution in [3.63, 3.8) is 0 Å². The first kappa shape index (κ1) is 22.4. The van der Waals surface area contributed by atoms with Crippen LogP contribution in [-0.2, 0) is 4.74 Å². The van der Waals surface area contributed by atoms with E-state index in [1.165, 1.54) is 6.07 Å². The largest absolute Gasteiger partial charge is 0.448 e. The first-order valence-corrected chi connectivity index (χ1v) is 11.8. The van der Waals surface area contributed by atoms with Gasteiger partial charge >= 0.3 is 0 Å². The Morgan fingerprint density at radius 2 is 1.62 bits per heavy atom. The minimum Gasteiger partial charge on any atom is -0.448 e. The second-order valence-electron chi connectivity index (χ2n) is 8.94. The van der Waals surface area contributed by atoms with Crippen molar-refractivity contribution in [1.82, 2.24) is 4.90 Å². The molecule has 8 nitrogen and oxygen atoms in total. The highest BCUT2D eigenvalue weighted by Crippen LogP contribution is 2.30. The lowest BCUT2D eigenvalue weighted by Crippen LogP contribution is -2.44. The number of carbonyl (C=O) groups is 1. The maximum atomic E-state index is 13.3. The van der Waals surface area contributed by atoms with Crippen LogP contribution in [-0.4, -0.2) is 70.3 Å². The molecular weight excluding hydrogens is 432 g/mol. The SMILES string of the molecule is Cc1ccc(N2CCN(C)CC2)c2oc(C(=O)Nc3ccccc3N3CCOCC3)cc(=O)c12. The van der Waals surface area contributed by atoms with Crippen LogP contribution in [0.2, 0.25) is 0 Å². The average Bonchev–Trinajstić information content (AvgIpc) is 2.85. The maximum Gasteiger partial charge on any atom is 0.291 e. The van der Waals surface area contributed by atoms with Gasteiger partial charge in [0.05, 0.1) is 35.7 Å². The van der Waals surface area contributed by atoms with Crippen LogP contribution in [0.1, 0.15) is 16.1 Å². The average molecular weight is 463 g/mol. The number of piperazine rings is 1. The number of hydrogen-bond donors (Lipinski definition) is 1. The normalized spacial score (nSPS) is 17.2. The number of morpholine rings is 1. The number of ether oxygens (including phenoxy) is 1. The maximum absolute atomic E-state index is 13.3. The van der Waals surface area contributed by atoms with Crippen molar-refractivity contribution in [2.45, 2.75) is 6.92 Å². The molecule has 2 aliphatic rings. The predicted molar refractivity (Wildman–Crippen MR) is 134 cm³/mol. The lowest BCUT2D eigenvalue weighted by atomic mass is 10.1. The van der Waals surface area contributed by atoms with Gasteiger partial charge in [-0.2, -0.15) is 0 Å². The van der Waals surface area contributed by atoms with Gasteiger partial charge in [-0.15, -0.1) is 0 Å². The molecule has 1 aromatic heterocycles. The van der Waals surface area contributed by atoms with Crippen molar-refractivity contribution >= 4 is 33.9 Å². The molecular formula is C26H30N4O4. The fourth-order valence-corrected chi connectivity index (χ4v) is 4.66. The van der Waals surface area contributed by atoms with Gasteiger partial charge in [-0.25, -0.2) is 0 Å². The molecule has 2 aliphatic heterocycles.